The normalized spacial score (nSPS) is 14.1. The van der Waals surface area contributed by atoms with Gasteiger partial charge in [-0.2, -0.15) is 0 Å². The molecule has 1 atom stereocenters. The first-order valence-corrected chi connectivity index (χ1v) is 9.98. The van der Waals surface area contributed by atoms with Crippen molar-refractivity contribution in [2.45, 2.75) is 59.0 Å². The maximum absolute atomic E-state index is 13.0. The number of carbonyl (C=O) groups is 2. The molecule has 7 nitrogen and oxygen atoms in total. The lowest BCUT2D eigenvalue weighted by Crippen LogP contribution is -2.34. The number of hydrogen-bond donors (Lipinski definition) is 2. The summed E-state index contributed by atoms with van der Waals surface area (Å²) in [5, 5.41) is 5.84. The quantitative estimate of drug-likeness (QED) is 0.766. The molecule has 0 fully saturated rings. The Balaban J connectivity index is 1.89. The van der Waals surface area contributed by atoms with Gasteiger partial charge in [0.05, 0.1) is 18.0 Å². The van der Waals surface area contributed by atoms with Crippen LogP contribution < -0.4 is 15.4 Å². The van der Waals surface area contributed by atoms with Gasteiger partial charge in [0.15, 0.2) is 11.5 Å². The van der Waals surface area contributed by atoms with Gasteiger partial charge < -0.3 is 19.9 Å². The smallest absolute Gasteiger partial charge is 0.287 e. The Hall–Kier alpha value is -2.83. The van der Waals surface area contributed by atoms with Crippen LogP contribution in [0.3, 0.4) is 0 Å². The first-order chi connectivity index (χ1) is 13.5. The number of rotatable bonds is 7. The number of benzene rings is 1. The van der Waals surface area contributed by atoms with Crippen LogP contribution in [-0.4, -0.2) is 34.0 Å². The standard InChI is InChI=1S/C21H28N4O3/c1-4-14(3)22-21(27)19-24-18(16-11-8-9-13-25(16)19)20(26)23-15-10-6-7-12-17(15)28-5-2/h6-7,10,12,14H,4-5,8-9,11,13H2,1-3H3,(H,22,27)(H,23,26). The van der Waals surface area contributed by atoms with Crippen molar-refractivity contribution in [3.8, 4) is 5.75 Å². The lowest BCUT2D eigenvalue weighted by Gasteiger charge is -2.18. The first kappa shape index (κ1) is 19.9. The van der Waals surface area contributed by atoms with Gasteiger partial charge in [-0.3, -0.25) is 9.59 Å². The summed E-state index contributed by atoms with van der Waals surface area (Å²) < 4.78 is 7.47. The zero-order valence-electron chi connectivity index (χ0n) is 16.7. The number of fused-ring (bicyclic) bond motifs is 1. The van der Waals surface area contributed by atoms with Crippen molar-refractivity contribution in [3.63, 3.8) is 0 Å². The highest BCUT2D eigenvalue weighted by Crippen LogP contribution is 2.26. The lowest BCUT2D eigenvalue weighted by molar-refractivity contribution is 0.0923. The van der Waals surface area contributed by atoms with Gasteiger partial charge in [-0.25, -0.2) is 4.98 Å². The molecular weight excluding hydrogens is 356 g/mol. The molecule has 0 saturated heterocycles. The molecule has 28 heavy (non-hydrogen) atoms. The highest BCUT2D eigenvalue weighted by Gasteiger charge is 2.28. The number of anilines is 1. The van der Waals surface area contributed by atoms with Gasteiger partial charge in [0.2, 0.25) is 0 Å². The third-order valence-corrected chi connectivity index (χ3v) is 4.96. The summed E-state index contributed by atoms with van der Waals surface area (Å²) in [7, 11) is 0. The van der Waals surface area contributed by atoms with Crippen LogP contribution in [0.25, 0.3) is 0 Å². The van der Waals surface area contributed by atoms with Gasteiger partial charge in [0, 0.05) is 12.6 Å². The van der Waals surface area contributed by atoms with E-state index in [2.05, 4.69) is 15.6 Å². The molecule has 0 spiro atoms. The molecule has 2 aromatic rings. The largest absolute Gasteiger partial charge is 0.492 e. The second-order valence-electron chi connectivity index (χ2n) is 7.01. The number of imidazole rings is 1. The third-order valence-electron chi connectivity index (χ3n) is 4.96. The molecule has 1 aliphatic rings. The summed E-state index contributed by atoms with van der Waals surface area (Å²) in [4.78, 5) is 30.1. The Morgan fingerprint density at radius 1 is 1.21 bits per heavy atom. The molecule has 7 heteroatoms. The van der Waals surface area contributed by atoms with Crippen LogP contribution >= 0.6 is 0 Å². The Morgan fingerprint density at radius 2 is 2.00 bits per heavy atom. The molecule has 2 heterocycles. The summed E-state index contributed by atoms with van der Waals surface area (Å²) in [6.45, 7) is 7.07. The third kappa shape index (κ3) is 4.18. The molecule has 0 bridgehead atoms. The van der Waals surface area contributed by atoms with Crippen LogP contribution in [0.5, 0.6) is 5.75 Å². The summed E-state index contributed by atoms with van der Waals surface area (Å²) in [6.07, 6.45) is 3.52. The van der Waals surface area contributed by atoms with E-state index in [9.17, 15) is 9.59 Å². The number of nitrogens with one attached hydrogen (secondary N) is 2. The minimum Gasteiger partial charge on any atom is -0.492 e. The zero-order chi connectivity index (χ0) is 20.1. The van der Waals surface area contributed by atoms with E-state index in [0.29, 0.717) is 36.1 Å². The summed E-state index contributed by atoms with van der Waals surface area (Å²) >= 11 is 0. The van der Waals surface area contributed by atoms with Gasteiger partial charge in [0.25, 0.3) is 11.8 Å². The molecule has 2 amide bonds. The predicted octanol–water partition coefficient (Wildman–Crippen LogP) is 3.40. The SMILES string of the molecule is CCOc1ccccc1NC(=O)c1nc(C(=O)NC(C)CC)n2c1CCCC2. The van der Waals surface area contributed by atoms with Crippen LogP contribution in [0.2, 0.25) is 0 Å². The van der Waals surface area contributed by atoms with Gasteiger partial charge in [-0.05, 0) is 51.7 Å². The van der Waals surface area contributed by atoms with Crippen molar-refractivity contribution in [2.24, 2.45) is 0 Å². The lowest BCUT2D eigenvalue weighted by atomic mass is 10.1. The second-order valence-corrected chi connectivity index (χ2v) is 7.01. The fourth-order valence-corrected chi connectivity index (χ4v) is 3.32. The average molecular weight is 384 g/mol. The van der Waals surface area contributed by atoms with Crippen molar-refractivity contribution >= 4 is 17.5 Å². The molecular formula is C21H28N4O3. The van der Waals surface area contributed by atoms with Crippen molar-refractivity contribution < 1.29 is 14.3 Å². The number of carbonyl (C=O) groups excluding carboxylic acids is 2. The van der Waals surface area contributed by atoms with E-state index in [1.54, 1.807) is 6.07 Å². The Bertz CT molecular complexity index is 859. The molecule has 1 aliphatic heterocycles. The number of nitrogens with zero attached hydrogens (tertiary/aromatic N) is 2. The molecule has 150 valence electrons. The molecule has 1 aromatic carbocycles. The second kappa shape index (κ2) is 8.91. The number of hydrogen-bond acceptors (Lipinski definition) is 4. The maximum atomic E-state index is 13.0. The Labute approximate surface area is 165 Å². The van der Waals surface area contributed by atoms with Crippen LogP contribution in [0.1, 0.15) is 66.8 Å². The van der Waals surface area contributed by atoms with Crippen molar-refractivity contribution in [1.82, 2.24) is 14.9 Å². The minimum atomic E-state index is -0.319. The van der Waals surface area contributed by atoms with E-state index in [1.165, 1.54) is 0 Å². The molecule has 3 rings (SSSR count). The van der Waals surface area contributed by atoms with Gasteiger partial charge in [0.1, 0.15) is 5.75 Å². The highest BCUT2D eigenvalue weighted by molar-refractivity contribution is 6.05. The molecule has 0 aliphatic carbocycles. The molecule has 2 N–H and O–H groups in total. The van der Waals surface area contributed by atoms with E-state index < -0.39 is 0 Å². The highest BCUT2D eigenvalue weighted by atomic mass is 16.5. The average Bonchev–Trinajstić information content (AvgIpc) is 3.09. The number of para-hydroxylation sites is 2. The van der Waals surface area contributed by atoms with Crippen LogP contribution in [-0.2, 0) is 13.0 Å². The topological polar surface area (TPSA) is 85.2 Å². The summed E-state index contributed by atoms with van der Waals surface area (Å²) in [5.41, 5.74) is 1.74. The fourth-order valence-electron chi connectivity index (χ4n) is 3.32. The van der Waals surface area contributed by atoms with E-state index in [4.69, 9.17) is 4.74 Å². The van der Waals surface area contributed by atoms with E-state index in [-0.39, 0.29) is 17.9 Å². The predicted molar refractivity (Wildman–Crippen MR) is 108 cm³/mol. The van der Waals surface area contributed by atoms with E-state index in [0.717, 1.165) is 31.4 Å². The minimum absolute atomic E-state index is 0.0550. The summed E-state index contributed by atoms with van der Waals surface area (Å²) in [5.74, 6) is 0.381. The van der Waals surface area contributed by atoms with Gasteiger partial charge in [-0.1, -0.05) is 19.1 Å². The molecule has 0 saturated carbocycles. The Kier molecular flexibility index (Phi) is 6.34. The molecule has 1 aromatic heterocycles. The van der Waals surface area contributed by atoms with E-state index in [1.807, 2.05) is 43.5 Å². The van der Waals surface area contributed by atoms with Crippen molar-refractivity contribution in [3.05, 3.63) is 41.5 Å². The van der Waals surface area contributed by atoms with Crippen LogP contribution in [0, 0.1) is 0 Å². The number of aromatic nitrogens is 2. The fraction of sp³-hybridized carbons (Fsp3) is 0.476. The van der Waals surface area contributed by atoms with Gasteiger partial charge >= 0.3 is 0 Å². The number of amides is 2. The van der Waals surface area contributed by atoms with E-state index >= 15 is 0 Å². The molecule has 1 unspecified atom stereocenters. The maximum Gasteiger partial charge on any atom is 0.287 e. The van der Waals surface area contributed by atoms with Crippen LogP contribution in [0.15, 0.2) is 24.3 Å². The molecule has 0 radical (unpaired) electrons. The van der Waals surface area contributed by atoms with Gasteiger partial charge in [-0.15, -0.1) is 0 Å². The van der Waals surface area contributed by atoms with Crippen LogP contribution in [0.4, 0.5) is 5.69 Å². The zero-order valence-corrected chi connectivity index (χ0v) is 16.7. The first-order valence-electron chi connectivity index (χ1n) is 9.98. The van der Waals surface area contributed by atoms with Crippen molar-refractivity contribution in [2.75, 3.05) is 11.9 Å². The monoisotopic (exact) mass is 384 g/mol. The summed E-state index contributed by atoms with van der Waals surface area (Å²) in [6, 6.07) is 7.36. The number of ether oxygens (including phenoxy) is 1. The van der Waals surface area contributed by atoms with Crippen molar-refractivity contribution in [1.29, 1.82) is 0 Å². The Morgan fingerprint density at radius 3 is 2.75 bits per heavy atom.